The molecule has 11 rings (SSSR count). The van der Waals surface area contributed by atoms with Crippen LogP contribution in [0.2, 0.25) is 0 Å². The Kier molecular flexibility index (Phi) is 6.12. The fraction of sp³-hybridized carbons (Fsp3) is 0. The molecule has 268 valence electrons. The van der Waals surface area contributed by atoms with Gasteiger partial charge in [-0.15, -0.1) is 0 Å². The minimum atomic E-state index is -2.92. The summed E-state index contributed by atoms with van der Waals surface area (Å²) in [6.45, 7) is 0. The van der Waals surface area contributed by atoms with Crippen LogP contribution in [0.1, 0.15) is 11.0 Å². The van der Waals surface area contributed by atoms with E-state index in [9.17, 15) is 2.74 Å². The Morgan fingerprint density at radius 1 is 0.351 bits per heavy atom. The molecular weight excluding hydrogens is 705 g/mol. The predicted octanol–water partition coefficient (Wildman–Crippen LogP) is 10.9. The van der Waals surface area contributed by atoms with Crippen molar-refractivity contribution in [2.75, 3.05) is 0 Å². The molecular formula is C54H38N2Si. The third-order valence-corrected chi connectivity index (χ3v) is 16.1. The summed E-state index contributed by atoms with van der Waals surface area (Å²) >= 11 is 0. The van der Waals surface area contributed by atoms with Crippen LogP contribution in [0.4, 0.5) is 0 Å². The first-order chi connectivity index (χ1) is 31.6. The third kappa shape index (κ3) is 5.17. The van der Waals surface area contributed by atoms with Crippen molar-refractivity contribution in [2.45, 2.75) is 0 Å². The van der Waals surface area contributed by atoms with E-state index in [-0.39, 0.29) is 46.0 Å². The zero-order valence-electron chi connectivity index (χ0n) is 38.7. The number of fused-ring (bicyclic) bond motifs is 6. The summed E-state index contributed by atoms with van der Waals surface area (Å²) in [5, 5.41) is 6.90. The molecule has 3 heteroatoms. The van der Waals surface area contributed by atoms with Gasteiger partial charge >= 0.3 is 0 Å². The highest BCUT2D eigenvalue weighted by Crippen LogP contribution is 2.40. The van der Waals surface area contributed by atoms with Crippen LogP contribution in [0.25, 0.3) is 66.1 Å². The van der Waals surface area contributed by atoms with E-state index in [1.165, 1.54) is 20.7 Å². The molecule has 0 bridgehead atoms. The first-order valence-corrected chi connectivity index (χ1v) is 21.0. The molecule has 57 heavy (non-hydrogen) atoms. The number of benzene rings is 9. The molecule has 0 saturated carbocycles. The molecule has 0 amide bonds. The summed E-state index contributed by atoms with van der Waals surface area (Å²) in [5.41, 5.74) is 5.47. The molecule has 0 spiro atoms. The first-order valence-electron chi connectivity index (χ1n) is 23.0. The van der Waals surface area contributed by atoms with E-state index in [0.717, 1.165) is 38.6 Å². The van der Waals surface area contributed by atoms with Crippen molar-refractivity contribution in [2.24, 2.45) is 0 Å². The molecule has 0 fully saturated rings. The average molecular weight is 751 g/mol. The minimum Gasteiger partial charge on any atom is -0.309 e. The summed E-state index contributed by atoms with van der Waals surface area (Å²) in [7, 11) is -2.92. The number of rotatable bonds is 7. The molecule has 0 aliphatic rings. The van der Waals surface area contributed by atoms with Gasteiger partial charge in [-0.3, -0.25) is 0 Å². The lowest BCUT2D eigenvalue weighted by Crippen LogP contribution is -2.74. The summed E-state index contributed by atoms with van der Waals surface area (Å²) in [6.07, 6.45) is 0. The van der Waals surface area contributed by atoms with Crippen molar-refractivity contribution in [1.29, 1.82) is 0 Å². The Hall–Kier alpha value is -7.20. The number of hydrogen-bond donors (Lipinski definition) is 0. The molecule has 0 radical (unpaired) electrons. The molecule has 2 heterocycles. The van der Waals surface area contributed by atoms with Crippen molar-refractivity contribution in [1.82, 2.24) is 9.13 Å². The molecule has 0 saturated heterocycles. The monoisotopic (exact) mass is 750 g/mol. The van der Waals surface area contributed by atoms with Crippen molar-refractivity contribution >= 4 is 72.4 Å². The number of nitrogens with zero attached hydrogens (tertiary/aromatic N) is 2. The van der Waals surface area contributed by atoms with Gasteiger partial charge in [-0.1, -0.05) is 182 Å². The lowest BCUT2D eigenvalue weighted by molar-refractivity contribution is 1.17. The topological polar surface area (TPSA) is 9.86 Å². The van der Waals surface area contributed by atoms with Gasteiger partial charge in [0.15, 0.2) is 8.07 Å². The molecule has 2 nitrogen and oxygen atoms in total. The molecule has 11 aromatic rings. The van der Waals surface area contributed by atoms with Gasteiger partial charge in [-0.05, 0) is 80.4 Å². The zero-order chi connectivity index (χ0) is 44.7. The SMILES string of the molecule is [2H]c1c([2H])c([2H])c2c(c1[2H])c1c([2H])c([2H])c([2H])c([2H])c1n2-c1ccc2c(c1)c1c(-c3ccccc3)cccc1n2-c1cccc([Si](c2ccccc2)(c2ccccc2)c2ccccc2)c1. The summed E-state index contributed by atoms with van der Waals surface area (Å²) in [4.78, 5) is 0. The maximum Gasteiger partial charge on any atom is 0.179 e. The van der Waals surface area contributed by atoms with E-state index in [4.69, 9.17) is 8.22 Å². The summed E-state index contributed by atoms with van der Waals surface area (Å²) in [5.74, 6) is 0. The smallest absolute Gasteiger partial charge is 0.179 e. The van der Waals surface area contributed by atoms with Crippen molar-refractivity contribution in [3.8, 4) is 22.5 Å². The quantitative estimate of drug-likeness (QED) is 0.113. The molecule has 0 aliphatic carbocycles. The highest BCUT2D eigenvalue weighted by atomic mass is 28.3. The normalized spacial score (nSPS) is 13.8. The van der Waals surface area contributed by atoms with Crippen LogP contribution in [0.3, 0.4) is 0 Å². The van der Waals surface area contributed by atoms with Crippen LogP contribution in [-0.4, -0.2) is 17.2 Å². The van der Waals surface area contributed by atoms with Crippen molar-refractivity contribution < 1.29 is 11.0 Å². The fourth-order valence-electron chi connectivity index (χ4n) is 8.96. The van der Waals surface area contributed by atoms with Gasteiger partial charge in [0.05, 0.1) is 33.0 Å². The van der Waals surface area contributed by atoms with E-state index in [1.807, 2.05) is 36.4 Å². The minimum absolute atomic E-state index is 0.0465. The predicted molar refractivity (Wildman–Crippen MR) is 244 cm³/mol. The van der Waals surface area contributed by atoms with Gasteiger partial charge in [0.1, 0.15) is 0 Å². The van der Waals surface area contributed by atoms with Gasteiger partial charge in [0.25, 0.3) is 0 Å². The number of aromatic nitrogens is 2. The van der Waals surface area contributed by atoms with E-state index in [2.05, 4.69) is 150 Å². The maximum atomic E-state index is 9.18. The molecule has 0 atom stereocenters. The number of hydrogen-bond acceptors (Lipinski definition) is 0. The summed E-state index contributed by atoms with van der Waals surface area (Å²) in [6, 6.07) is 60.5. The maximum absolute atomic E-state index is 9.18. The highest BCUT2D eigenvalue weighted by Gasteiger charge is 2.41. The van der Waals surface area contributed by atoms with Crippen molar-refractivity contribution in [3.63, 3.8) is 0 Å². The third-order valence-electron chi connectivity index (χ3n) is 11.3. The second-order valence-electron chi connectivity index (χ2n) is 14.3. The zero-order valence-corrected chi connectivity index (χ0v) is 31.7. The van der Waals surface area contributed by atoms with Gasteiger partial charge in [-0.25, -0.2) is 0 Å². The lowest BCUT2D eigenvalue weighted by Gasteiger charge is -2.34. The Bertz CT molecular complexity index is 3510. The van der Waals surface area contributed by atoms with Crippen LogP contribution in [-0.2, 0) is 0 Å². The van der Waals surface area contributed by atoms with Crippen molar-refractivity contribution in [3.05, 3.63) is 230 Å². The number of para-hydroxylation sites is 2. The van der Waals surface area contributed by atoms with E-state index in [1.54, 1.807) is 4.57 Å². The first kappa shape index (κ1) is 25.8. The van der Waals surface area contributed by atoms with Crippen LogP contribution >= 0.6 is 0 Å². The fourth-order valence-corrected chi connectivity index (χ4v) is 13.7. The van der Waals surface area contributed by atoms with E-state index >= 15 is 0 Å². The average Bonchev–Trinajstić information content (AvgIpc) is 3.89. The van der Waals surface area contributed by atoms with Crippen LogP contribution < -0.4 is 20.7 Å². The lowest BCUT2D eigenvalue weighted by atomic mass is 9.99. The van der Waals surface area contributed by atoms with E-state index < -0.39 is 32.2 Å². The molecule has 2 aromatic heterocycles. The molecule has 0 N–H and O–H groups in total. The molecule has 0 aliphatic heterocycles. The van der Waals surface area contributed by atoms with Gasteiger partial charge in [0.2, 0.25) is 0 Å². The van der Waals surface area contributed by atoms with E-state index in [0.29, 0.717) is 5.69 Å². The Balaban J connectivity index is 1.25. The standard InChI is InChI=1S/C54H38N2Si/c1-5-19-39(20-6-1)46-31-18-34-53-54(46)49-38-41(55-50-32-15-13-29-47(50)48-30-14-16-33-51(48)55)35-36-52(49)56(53)40-21-17-28-45(37-40)57(42-22-7-2-8-23-42,43-24-9-3-10-25-43)44-26-11-4-12-27-44/h1-38H/i13D,14D,15D,16D,29D,30D,32D,33D. The van der Waals surface area contributed by atoms with Gasteiger partial charge in [-0.2, -0.15) is 0 Å². The second kappa shape index (κ2) is 13.5. The molecule has 0 unspecified atom stereocenters. The second-order valence-corrected chi connectivity index (χ2v) is 18.1. The van der Waals surface area contributed by atoms with Gasteiger partial charge in [0, 0.05) is 32.9 Å². The Morgan fingerprint density at radius 2 is 0.842 bits per heavy atom. The molecule has 9 aromatic carbocycles. The Labute approximate surface area is 344 Å². The Morgan fingerprint density at radius 3 is 1.44 bits per heavy atom. The largest absolute Gasteiger partial charge is 0.309 e. The van der Waals surface area contributed by atoms with Crippen LogP contribution in [0.5, 0.6) is 0 Å². The van der Waals surface area contributed by atoms with Gasteiger partial charge < -0.3 is 9.13 Å². The van der Waals surface area contributed by atoms with Crippen LogP contribution in [0, 0.1) is 0 Å². The summed E-state index contributed by atoms with van der Waals surface area (Å²) < 4.78 is 74.8. The highest BCUT2D eigenvalue weighted by molar-refractivity contribution is 7.19. The van der Waals surface area contributed by atoms with Crippen LogP contribution in [0.15, 0.2) is 230 Å².